The SMILES string of the molecule is CCOC(=O)c1c(-c2ccccc2)n(CC)c2ccccc2c1=O. The zero-order valence-corrected chi connectivity index (χ0v) is 13.8. The average molecular weight is 321 g/mol. The van der Waals surface area contributed by atoms with Crippen molar-refractivity contribution in [3.8, 4) is 11.3 Å². The van der Waals surface area contributed by atoms with Crippen LogP contribution in [0, 0.1) is 0 Å². The van der Waals surface area contributed by atoms with Gasteiger partial charge in [-0.25, -0.2) is 4.79 Å². The molecule has 0 bridgehead atoms. The molecule has 0 aliphatic heterocycles. The van der Waals surface area contributed by atoms with E-state index < -0.39 is 5.97 Å². The van der Waals surface area contributed by atoms with Crippen molar-refractivity contribution in [2.24, 2.45) is 0 Å². The molecule has 0 saturated carbocycles. The number of aryl methyl sites for hydroxylation is 1. The van der Waals surface area contributed by atoms with Crippen LogP contribution in [0.2, 0.25) is 0 Å². The molecule has 3 rings (SSSR count). The van der Waals surface area contributed by atoms with Gasteiger partial charge in [-0.2, -0.15) is 0 Å². The third kappa shape index (κ3) is 2.60. The minimum absolute atomic E-state index is 0.101. The van der Waals surface area contributed by atoms with Crippen molar-refractivity contribution >= 4 is 16.9 Å². The van der Waals surface area contributed by atoms with E-state index in [9.17, 15) is 9.59 Å². The topological polar surface area (TPSA) is 48.3 Å². The molecule has 0 fully saturated rings. The summed E-state index contributed by atoms with van der Waals surface area (Å²) in [5, 5.41) is 0.530. The molecule has 3 aromatic rings. The Labute approximate surface area is 140 Å². The van der Waals surface area contributed by atoms with Crippen LogP contribution in [0.25, 0.3) is 22.2 Å². The van der Waals surface area contributed by atoms with Gasteiger partial charge in [0.2, 0.25) is 5.43 Å². The standard InChI is InChI=1S/C20H19NO3/c1-3-21-16-13-9-8-12-15(16)19(22)17(20(23)24-4-2)18(21)14-10-6-5-7-11-14/h5-13H,3-4H2,1-2H3. The van der Waals surface area contributed by atoms with Crippen molar-refractivity contribution in [1.29, 1.82) is 0 Å². The molecule has 2 aromatic carbocycles. The second-order valence-electron chi connectivity index (χ2n) is 5.40. The largest absolute Gasteiger partial charge is 0.462 e. The predicted octanol–water partition coefficient (Wildman–Crippen LogP) is 3.87. The van der Waals surface area contributed by atoms with Crippen LogP contribution in [0.4, 0.5) is 0 Å². The summed E-state index contributed by atoms with van der Waals surface area (Å²) in [5.74, 6) is -0.575. The normalized spacial score (nSPS) is 10.8. The fourth-order valence-corrected chi connectivity index (χ4v) is 3.02. The zero-order valence-electron chi connectivity index (χ0n) is 13.8. The molecule has 4 nitrogen and oxygen atoms in total. The van der Waals surface area contributed by atoms with Crippen molar-refractivity contribution < 1.29 is 9.53 Å². The first-order chi connectivity index (χ1) is 11.7. The second-order valence-corrected chi connectivity index (χ2v) is 5.40. The fourth-order valence-electron chi connectivity index (χ4n) is 3.02. The lowest BCUT2D eigenvalue weighted by Gasteiger charge is -2.19. The molecule has 4 heteroatoms. The van der Waals surface area contributed by atoms with Crippen LogP contribution >= 0.6 is 0 Å². The molecule has 0 amide bonds. The molecule has 0 aliphatic rings. The maximum atomic E-state index is 13.0. The van der Waals surface area contributed by atoms with E-state index in [4.69, 9.17) is 4.74 Å². The van der Waals surface area contributed by atoms with Gasteiger partial charge in [0.05, 0.1) is 17.8 Å². The number of ether oxygens (including phenoxy) is 1. The minimum atomic E-state index is -0.575. The van der Waals surface area contributed by atoms with Crippen LogP contribution in [0.3, 0.4) is 0 Å². The lowest BCUT2D eigenvalue weighted by atomic mass is 10.0. The highest BCUT2D eigenvalue weighted by atomic mass is 16.5. The van der Waals surface area contributed by atoms with E-state index >= 15 is 0 Å². The third-order valence-corrected chi connectivity index (χ3v) is 4.02. The van der Waals surface area contributed by atoms with Gasteiger partial charge in [0, 0.05) is 11.9 Å². The zero-order chi connectivity index (χ0) is 17.1. The number of hydrogen-bond donors (Lipinski definition) is 0. The Bertz CT molecular complexity index is 942. The highest BCUT2D eigenvalue weighted by molar-refractivity contribution is 6.00. The van der Waals surface area contributed by atoms with Crippen LogP contribution in [0.15, 0.2) is 59.4 Å². The Balaban J connectivity index is 2.48. The van der Waals surface area contributed by atoms with Crippen LogP contribution in [-0.2, 0) is 11.3 Å². The van der Waals surface area contributed by atoms with Crippen molar-refractivity contribution in [2.45, 2.75) is 20.4 Å². The maximum Gasteiger partial charge on any atom is 0.344 e. The van der Waals surface area contributed by atoms with Gasteiger partial charge < -0.3 is 9.30 Å². The van der Waals surface area contributed by atoms with Crippen LogP contribution in [0.5, 0.6) is 0 Å². The number of rotatable bonds is 4. The van der Waals surface area contributed by atoms with Crippen molar-refractivity contribution in [2.75, 3.05) is 6.61 Å². The molecule has 24 heavy (non-hydrogen) atoms. The Kier molecular flexibility index (Phi) is 4.47. The molecule has 0 N–H and O–H groups in total. The average Bonchev–Trinajstić information content (AvgIpc) is 2.62. The summed E-state index contributed by atoms with van der Waals surface area (Å²) in [5.41, 5.74) is 2.07. The van der Waals surface area contributed by atoms with E-state index in [2.05, 4.69) is 0 Å². The Morgan fingerprint density at radius 2 is 1.67 bits per heavy atom. The summed E-state index contributed by atoms with van der Waals surface area (Å²) in [6.07, 6.45) is 0. The number of carbonyl (C=O) groups is 1. The number of aromatic nitrogens is 1. The smallest absolute Gasteiger partial charge is 0.344 e. The van der Waals surface area contributed by atoms with E-state index in [1.807, 2.05) is 54.0 Å². The van der Waals surface area contributed by atoms with Gasteiger partial charge in [-0.15, -0.1) is 0 Å². The van der Waals surface area contributed by atoms with Gasteiger partial charge >= 0.3 is 5.97 Å². The summed E-state index contributed by atoms with van der Waals surface area (Å²) >= 11 is 0. The fraction of sp³-hybridized carbons (Fsp3) is 0.200. The van der Waals surface area contributed by atoms with Crippen LogP contribution in [0.1, 0.15) is 24.2 Å². The lowest BCUT2D eigenvalue weighted by molar-refractivity contribution is 0.0525. The number of para-hydroxylation sites is 1. The minimum Gasteiger partial charge on any atom is -0.462 e. The van der Waals surface area contributed by atoms with Crippen LogP contribution in [-0.4, -0.2) is 17.1 Å². The Hall–Kier alpha value is -2.88. The number of fused-ring (bicyclic) bond motifs is 1. The van der Waals surface area contributed by atoms with Gasteiger partial charge in [0.15, 0.2) is 0 Å². The third-order valence-electron chi connectivity index (χ3n) is 4.02. The molecule has 122 valence electrons. The molecule has 0 unspecified atom stereocenters. The highest BCUT2D eigenvalue weighted by Gasteiger charge is 2.23. The summed E-state index contributed by atoms with van der Waals surface area (Å²) in [4.78, 5) is 25.5. The molecule has 1 heterocycles. The van der Waals surface area contributed by atoms with Gasteiger partial charge in [-0.1, -0.05) is 42.5 Å². The first-order valence-electron chi connectivity index (χ1n) is 8.07. The summed E-state index contributed by atoms with van der Waals surface area (Å²) in [7, 11) is 0. The van der Waals surface area contributed by atoms with E-state index in [1.165, 1.54) is 0 Å². The number of benzene rings is 2. The molecule has 0 aliphatic carbocycles. The Morgan fingerprint density at radius 1 is 1.00 bits per heavy atom. The second kappa shape index (κ2) is 6.71. The van der Waals surface area contributed by atoms with Gasteiger partial charge in [-0.05, 0) is 31.5 Å². The molecule has 0 atom stereocenters. The van der Waals surface area contributed by atoms with E-state index in [0.717, 1.165) is 11.1 Å². The van der Waals surface area contributed by atoms with Gasteiger partial charge in [-0.3, -0.25) is 4.79 Å². The maximum absolute atomic E-state index is 13.0. The molecular formula is C20H19NO3. The number of nitrogens with zero attached hydrogens (tertiary/aromatic N) is 1. The molecular weight excluding hydrogens is 302 g/mol. The van der Waals surface area contributed by atoms with Crippen LogP contribution < -0.4 is 5.43 Å². The predicted molar refractivity (Wildman–Crippen MR) is 95.3 cm³/mol. The molecule has 0 saturated heterocycles. The van der Waals surface area contributed by atoms with Crippen molar-refractivity contribution in [1.82, 2.24) is 4.57 Å². The summed E-state index contributed by atoms with van der Waals surface area (Å²) < 4.78 is 7.17. The monoisotopic (exact) mass is 321 g/mol. The van der Waals surface area contributed by atoms with E-state index in [0.29, 0.717) is 17.6 Å². The number of hydrogen-bond acceptors (Lipinski definition) is 3. The van der Waals surface area contributed by atoms with E-state index in [1.54, 1.807) is 19.1 Å². The molecule has 0 spiro atoms. The number of carbonyl (C=O) groups excluding carboxylic acids is 1. The highest BCUT2D eigenvalue weighted by Crippen LogP contribution is 2.27. The van der Waals surface area contributed by atoms with Crippen molar-refractivity contribution in [3.63, 3.8) is 0 Å². The van der Waals surface area contributed by atoms with E-state index in [-0.39, 0.29) is 17.6 Å². The number of esters is 1. The van der Waals surface area contributed by atoms with Gasteiger partial charge in [0.25, 0.3) is 0 Å². The molecule has 0 radical (unpaired) electrons. The summed E-state index contributed by atoms with van der Waals surface area (Å²) in [6.45, 7) is 4.60. The molecule has 1 aromatic heterocycles. The quantitative estimate of drug-likeness (QED) is 0.686. The first-order valence-corrected chi connectivity index (χ1v) is 8.07. The first kappa shape index (κ1) is 16.0. The Morgan fingerprint density at radius 3 is 2.33 bits per heavy atom. The van der Waals surface area contributed by atoms with Crippen molar-refractivity contribution in [3.05, 3.63) is 70.4 Å². The lowest BCUT2D eigenvalue weighted by Crippen LogP contribution is -2.23. The summed E-state index contributed by atoms with van der Waals surface area (Å²) in [6, 6.07) is 16.9. The number of pyridine rings is 1. The van der Waals surface area contributed by atoms with Gasteiger partial charge in [0.1, 0.15) is 5.56 Å².